The van der Waals surface area contributed by atoms with Gasteiger partial charge in [0.25, 0.3) is 5.91 Å². The average molecular weight is 446 g/mol. The van der Waals surface area contributed by atoms with E-state index < -0.39 is 0 Å². The number of halogens is 1. The van der Waals surface area contributed by atoms with Crippen molar-refractivity contribution in [1.82, 2.24) is 5.32 Å². The van der Waals surface area contributed by atoms with Gasteiger partial charge in [-0.25, -0.2) is 0 Å². The summed E-state index contributed by atoms with van der Waals surface area (Å²) in [6, 6.07) is 13.5. The second kappa shape index (κ2) is 10.6. The lowest BCUT2D eigenvalue weighted by molar-refractivity contribution is -0.121. The lowest BCUT2D eigenvalue weighted by Crippen LogP contribution is -2.37. The number of benzene rings is 2. The van der Waals surface area contributed by atoms with E-state index in [1.54, 1.807) is 0 Å². The van der Waals surface area contributed by atoms with Crippen molar-refractivity contribution in [3.8, 4) is 5.75 Å². The maximum absolute atomic E-state index is 12.1. The highest BCUT2D eigenvalue weighted by Gasteiger charge is 2.14. The van der Waals surface area contributed by atoms with E-state index in [1.807, 2.05) is 42.5 Å². The van der Waals surface area contributed by atoms with Gasteiger partial charge in [-0.05, 0) is 73.3 Å². The Hall–Kier alpha value is -2.31. The molecule has 1 aliphatic rings. The van der Waals surface area contributed by atoms with Crippen LogP contribution in [0.1, 0.15) is 44.6 Å². The number of anilines is 2. The van der Waals surface area contributed by atoms with E-state index in [0.29, 0.717) is 16.7 Å². The minimum absolute atomic E-state index is 0.114. The Kier molecular flexibility index (Phi) is 7.94. The summed E-state index contributed by atoms with van der Waals surface area (Å²) in [4.78, 5) is 14.4. The summed E-state index contributed by atoms with van der Waals surface area (Å²) in [5, 5.41) is 6.51. The fourth-order valence-electron chi connectivity index (χ4n) is 3.40. The molecule has 0 unspecified atom stereocenters. The highest BCUT2D eigenvalue weighted by Crippen LogP contribution is 2.30. The third-order valence-electron chi connectivity index (χ3n) is 5.07. The molecule has 160 valence electrons. The number of hydrogen-bond donors (Lipinski definition) is 2. The summed E-state index contributed by atoms with van der Waals surface area (Å²) in [6.45, 7) is 6.21. The van der Waals surface area contributed by atoms with Gasteiger partial charge >= 0.3 is 0 Å². The maximum atomic E-state index is 12.1. The zero-order valence-corrected chi connectivity index (χ0v) is 19.0. The zero-order valence-electron chi connectivity index (χ0n) is 17.4. The maximum Gasteiger partial charge on any atom is 0.264 e. The molecule has 0 radical (unpaired) electrons. The van der Waals surface area contributed by atoms with Gasteiger partial charge in [-0.2, -0.15) is 0 Å². The molecule has 30 heavy (non-hydrogen) atoms. The van der Waals surface area contributed by atoms with Crippen LogP contribution in [0.4, 0.5) is 11.4 Å². The van der Waals surface area contributed by atoms with E-state index in [0.717, 1.165) is 24.5 Å². The molecular weight excluding hydrogens is 418 g/mol. The summed E-state index contributed by atoms with van der Waals surface area (Å²) < 4.78 is 5.53. The van der Waals surface area contributed by atoms with Crippen LogP contribution in [0.5, 0.6) is 5.75 Å². The minimum Gasteiger partial charge on any atom is -0.484 e. The summed E-state index contributed by atoms with van der Waals surface area (Å²) in [5.41, 5.74) is 2.99. The third-order valence-corrected chi connectivity index (χ3v) is 5.58. The smallest absolute Gasteiger partial charge is 0.264 e. The molecular formula is C23H28ClN3O2S. The molecule has 0 aliphatic carbocycles. The lowest BCUT2D eigenvalue weighted by Gasteiger charge is -2.29. The molecule has 0 aromatic heterocycles. The van der Waals surface area contributed by atoms with E-state index in [1.165, 1.54) is 24.8 Å². The van der Waals surface area contributed by atoms with E-state index in [4.69, 9.17) is 28.6 Å². The Balaban J connectivity index is 1.47. The Bertz CT molecular complexity index is 881. The molecule has 0 bridgehead atoms. The number of carbonyl (C=O) groups excluding carboxylic acids is 1. The normalized spacial score (nSPS) is 13.8. The number of amides is 1. The van der Waals surface area contributed by atoms with Gasteiger partial charge in [0.05, 0.1) is 10.7 Å². The average Bonchev–Trinajstić information content (AvgIpc) is 2.73. The Labute approximate surface area is 188 Å². The first-order chi connectivity index (χ1) is 14.4. The van der Waals surface area contributed by atoms with Gasteiger partial charge in [0.1, 0.15) is 5.75 Å². The molecule has 1 saturated heterocycles. The molecule has 2 aromatic carbocycles. The van der Waals surface area contributed by atoms with Gasteiger partial charge in [0.2, 0.25) is 0 Å². The zero-order chi connectivity index (χ0) is 21.5. The van der Waals surface area contributed by atoms with Crippen molar-refractivity contribution in [1.29, 1.82) is 0 Å². The van der Waals surface area contributed by atoms with E-state index in [2.05, 4.69) is 29.4 Å². The van der Waals surface area contributed by atoms with Crippen LogP contribution in [-0.4, -0.2) is 30.7 Å². The molecule has 3 rings (SSSR count). The van der Waals surface area contributed by atoms with Crippen LogP contribution < -0.4 is 20.3 Å². The molecule has 1 fully saturated rings. The van der Waals surface area contributed by atoms with Crippen LogP contribution in [0.25, 0.3) is 0 Å². The highest BCUT2D eigenvalue weighted by molar-refractivity contribution is 7.80. The number of piperidine rings is 1. The minimum atomic E-state index is -0.323. The number of nitrogens with one attached hydrogen (secondary N) is 2. The fraction of sp³-hybridized carbons (Fsp3) is 0.391. The predicted molar refractivity (Wildman–Crippen MR) is 128 cm³/mol. The van der Waals surface area contributed by atoms with Crippen LogP contribution in [0.3, 0.4) is 0 Å². The molecule has 1 aliphatic heterocycles. The molecule has 0 saturated carbocycles. The van der Waals surface area contributed by atoms with Crippen molar-refractivity contribution in [2.24, 2.45) is 0 Å². The topological polar surface area (TPSA) is 53.6 Å². The van der Waals surface area contributed by atoms with Crippen LogP contribution >= 0.6 is 23.8 Å². The van der Waals surface area contributed by atoms with Crippen LogP contribution in [-0.2, 0) is 4.79 Å². The van der Waals surface area contributed by atoms with Gasteiger partial charge in [-0.3, -0.25) is 10.1 Å². The van der Waals surface area contributed by atoms with Gasteiger partial charge in [-0.15, -0.1) is 0 Å². The second-order valence-electron chi connectivity index (χ2n) is 7.73. The molecule has 7 heteroatoms. The number of nitrogens with zero attached hydrogens (tertiary/aromatic N) is 1. The number of thiocarbonyl (C=S) groups is 1. The van der Waals surface area contributed by atoms with Crippen LogP contribution in [0.2, 0.25) is 5.02 Å². The van der Waals surface area contributed by atoms with Crippen molar-refractivity contribution in [3.63, 3.8) is 0 Å². The number of carbonyl (C=O) groups is 1. The fourth-order valence-corrected chi connectivity index (χ4v) is 3.93. The first kappa shape index (κ1) is 22.4. The largest absolute Gasteiger partial charge is 0.484 e. The van der Waals surface area contributed by atoms with E-state index in [-0.39, 0.29) is 17.6 Å². The molecule has 1 amide bonds. The third kappa shape index (κ3) is 6.34. The van der Waals surface area contributed by atoms with Crippen molar-refractivity contribution < 1.29 is 9.53 Å². The molecule has 0 atom stereocenters. The first-order valence-corrected chi connectivity index (χ1v) is 11.1. The van der Waals surface area contributed by atoms with Crippen LogP contribution in [0, 0.1) is 0 Å². The molecule has 0 spiro atoms. The predicted octanol–water partition coefficient (Wildman–Crippen LogP) is 5.35. The van der Waals surface area contributed by atoms with Crippen molar-refractivity contribution >= 4 is 46.2 Å². The molecule has 2 N–H and O–H groups in total. The number of ether oxygens (including phenoxy) is 1. The van der Waals surface area contributed by atoms with E-state index in [9.17, 15) is 4.79 Å². The van der Waals surface area contributed by atoms with Crippen LogP contribution in [0.15, 0.2) is 42.5 Å². The van der Waals surface area contributed by atoms with Crippen molar-refractivity contribution in [2.45, 2.75) is 39.0 Å². The summed E-state index contributed by atoms with van der Waals surface area (Å²) in [6.07, 6.45) is 3.65. The van der Waals surface area contributed by atoms with Gasteiger partial charge in [0, 0.05) is 18.8 Å². The number of hydrogen-bond acceptors (Lipinski definition) is 4. The summed E-state index contributed by atoms with van der Waals surface area (Å²) in [7, 11) is 0. The Morgan fingerprint density at radius 3 is 2.47 bits per heavy atom. The van der Waals surface area contributed by atoms with Crippen molar-refractivity contribution in [3.05, 3.63) is 53.1 Å². The van der Waals surface area contributed by atoms with Gasteiger partial charge < -0.3 is 15.0 Å². The standard InChI is InChI=1S/C23H28ClN3O2S/c1-16(2)17-6-9-19(10-7-17)29-15-22(28)26-23(30)25-18-8-11-21(20(24)14-18)27-12-4-3-5-13-27/h6-11,14,16H,3-5,12-13,15H2,1-2H3,(H2,25,26,28,30). The van der Waals surface area contributed by atoms with Gasteiger partial charge in [-0.1, -0.05) is 37.6 Å². The van der Waals surface area contributed by atoms with Gasteiger partial charge in [0.15, 0.2) is 11.7 Å². The second-order valence-corrected chi connectivity index (χ2v) is 8.54. The first-order valence-electron chi connectivity index (χ1n) is 10.3. The number of rotatable bonds is 6. The molecule has 1 heterocycles. The SMILES string of the molecule is CC(C)c1ccc(OCC(=O)NC(=S)Nc2ccc(N3CCCCC3)c(Cl)c2)cc1. The Morgan fingerprint density at radius 1 is 1.13 bits per heavy atom. The summed E-state index contributed by atoms with van der Waals surface area (Å²) in [5.74, 6) is 0.776. The molecule has 5 nitrogen and oxygen atoms in total. The van der Waals surface area contributed by atoms with E-state index >= 15 is 0 Å². The van der Waals surface area contributed by atoms with Crippen molar-refractivity contribution in [2.75, 3.05) is 29.9 Å². The summed E-state index contributed by atoms with van der Waals surface area (Å²) >= 11 is 11.7. The Morgan fingerprint density at radius 2 is 1.83 bits per heavy atom. The molecule has 2 aromatic rings. The quantitative estimate of drug-likeness (QED) is 0.587. The lowest BCUT2D eigenvalue weighted by atomic mass is 10.0. The highest BCUT2D eigenvalue weighted by atomic mass is 35.5. The monoisotopic (exact) mass is 445 g/mol.